The van der Waals surface area contributed by atoms with Crippen LogP contribution in [0.25, 0.3) is 0 Å². The van der Waals surface area contributed by atoms with E-state index in [0.29, 0.717) is 31.7 Å². The Bertz CT molecular complexity index is 636. The van der Waals surface area contributed by atoms with Gasteiger partial charge in [0.05, 0.1) is 19.1 Å². The maximum atomic E-state index is 13.6. The second-order valence-corrected chi connectivity index (χ2v) is 6.77. The molecule has 2 aromatic rings. The van der Waals surface area contributed by atoms with Crippen LogP contribution in [0, 0.1) is 5.82 Å². The first-order valence-corrected chi connectivity index (χ1v) is 8.75. The van der Waals surface area contributed by atoms with Crippen LogP contribution in [0.15, 0.2) is 41.8 Å². The number of carbonyl (C=O) groups is 1. The lowest BCUT2D eigenvalue weighted by atomic mass is 10.1. The molecule has 0 atom stereocenters. The molecule has 23 heavy (non-hydrogen) atoms. The zero-order valence-corrected chi connectivity index (χ0v) is 13.7. The van der Waals surface area contributed by atoms with Crippen LogP contribution in [-0.4, -0.2) is 30.0 Å². The van der Waals surface area contributed by atoms with Crippen molar-refractivity contribution in [2.45, 2.75) is 32.0 Å². The second-order valence-electron chi connectivity index (χ2n) is 5.74. The molecular weight excluding hydrogens is 313 g/mol. The predicted molar refractivity (Wildman–Crippen MR) is 88.8 cm³/mol. The van der Waals surface area contributed by atoms with Crippen LogP contribution in [0.4, 0.5) is 4.39 Å². The zero-order chi connectivity index (χ0) is 16.1. The van der Waals surface area contributed by atoms with Crippen molar-refractivity contribution < 1.29 is 13.9 Å². The quantitative estimate of drug-likeness (QED) is 0.836. The van der Waals surface area contributed by atoms with E-state index in [0.717, 1.165) is 17.7 Å². The highest BCUT2D eigenvalue weighted by Gasteiger charge is 2.23. The Labute approximate surface area is 139 Å². The van der Waals surface area contributed by atoms with Gasteiger partial charge in [-0.1, -0.05) is 24.3 Å². The predicted octanol–water partition coefficient (Wildman–Crippen LogP) is 3.64. The molecule has 0 N–H and O–H groups in total. The molecule has 0 bridgehead atoms. The molecule has 5 heteroatoms. The molecule has 0 unspecified atom stereocenters. The van der Waals surface area contributed by atoms with E-state index < -0.39 is 0 Å². The summed E-state index contributed by atoms with van der Waals surface area (Å²) in [6.07, 6.45) is 2.20. The molecule has 1 aromatic carbocycles. The molecule has 3 rings (SSSR count). The number of nitrogens with zero attached hydrogens (tertiary/aromatic N) is 1. The Balaban J connectivity index is 1.43. The van der Waals surface area contributed by atoms with Crippen LogP contribution < -0.4 is 0 Å². The van der Waals surface area contributed by atoms with E-state index >= 15 is 0 Å². The van der Waals surface area contributed by atoms with Crippen molar-refractivity contribution in [2.75, 3.05) is 13.1 Å². The van der Waals surface area contributed by atoms with E-state index in [-0.39, 0.29) is 17.8 Å². The first-order chi connectivity index (χ1) is 11.2. The van der Waals surface area contributed by atoms with Crippen molar-refractivity contribution in [1.29, 1.82) is 0 Å². The lowest BCUT2D eigenvalue weighted by Gasteiger charge is -2.32. The number of rotatable bonds is 5. The molecule has 1 aliphatic heterocycles. The van der Waals surface area contributed by atoms with E-state index in [9.17, 15) is 9.18 Å². The van der Waals surface area contributed by atoms with Gasteiger partial charge >= 0.3 is 0 Å². The topological polar surface area (TPSA) is 29.5 Å². The summed E-state index contributed by atoms with van der Waals surface area (Å²) in [4.78, 5) is 15.2. The molecular formula is C18H20FNO2S. The van der Waals surface area contributed by atoms with E-state index in [1.807, 2.05) is 28.5 Å². The number of halogens is 1. The third kappa shape index (κ3) is 4.39. The molecule has 1 aliphatic rings. The summed E-state index contributed by atoms with van der Waals surface area (Å²) in [6, 6.07) is 10.6. The lowest BCUT2D eigenvalue weighted by molar-refractivity contribution is -0.133. The molecule has 0 aliphatic carbocycles. The van der Waals surface area contributed by atoms with Gasteiger partial charge in [0.2, 0.25) is 5.91 Å². The maximum absolute atomic E-state index is 13.6. The van der Waals surface area contributed by atoms with Gasteiger partial charge in [-0.25, -0.2) is 4.39 Å². The van der Waals surface area contributed by atoms with Crippen molar-refractivity contribution in [2.24, 2.45) is 0 Å². The van der Waals surface area contributed by atoms with Gasteiger partial charge in [0, 0.05) is 23.5 Å². The van der Waals surface area contributed by atoms with Crippen LogP contribution in [0.3, 0.4) is 0 Å². The summed E-state index contributed by atoms with van der Waals surface area (Å²) in [6.45, 7) is 1.72. The highest BCUT2D eigenvalue weighted by atomic mass is 32.1. The van der Waals surface area contributed by atoms with E-state index in [4.69, 9.17) is 4.74 Å². The zero-order valence-electron chi connectivity index (χ0n) is 12.9. The van der Waals surface area contributed by atoms with Crippen molar-refractivity contribution in [1.82, 2.24) is 4.90 Å². The first-order valence-electron chi connectivity index (χ1n) is 7.87. The van der Waals surface area contributed by atoms with E-state index in [1.54, 1.807) is 23.5 Å². The van der Waals surface area contributed by atoms with Gasteiger partial charge in [0.25, 0.3) is 0 Å². The van der Waals surface area contributed by atoms with Crippen LogP contribution in [0.1, 0.15) is 23.3 Å². The molecule has 0 saturated carbocycles. The van der Waals surface area contributed by atoms with E-state index in [1.165, 1.54) is 6.07 Å². The summed E-state index contributed by atoms with van der Waals surface area (Å²) >= 11 is 1.62. The molecule has 1 fully saturated rings. The molecule has 122 valence electrons. The Morgan fingerprint density at radius 1 is 1.22 bits per heavy atom. The van der Waals surface area contributed by atoms with Gasteiger partial charge < -0.3 is 9.64 Å². The Kier molecular flexibility index (Phi) is 5.41. The van der Waals surface area contributed by atoms with Crippen molar-refractivity contribution in [3.8, 4) is 0 Å². The summed E-state index contributed by atoms with van der Waals surface area (Å²) in [5, 5.41) is 1.99. The Morgan fingerprint density at radius 3 is 2.70 bits per heavy atom. The smallest absolute Gasteiger partial charge is 0.227 e. The fraction of sp³-hybridized carbons (Fsp3) is 0.389. The number of piperidine rings is 1. The Morgan fingerprint density at radius 2 is 2.00 bits per heavy atom. The number of carbonyl (C=O) groups excluding carboxylic acids is 1. The van der Waals surface area contributed by atoms with Crippen LogP contribution in [0.5, 0.6) is 0 Å². The molecule has 1 amide bonds. The third-order valence-corrected chi connectivity index (χ3v) is 5.01. The summed E-state index contributed by atoms with van der Waals surface area (Å²) < 4.78 is 19.4. The molecule has 1 aromatic heterocycles. The minimum absolute atomic E-state index is 0.0976. The lowest BCUT2D eigenvalue weighted by Crippen LogP contribution is -2.41. The molecule has 0 spiro atoms. The number of hydrogen-bond donors (Lipinski definition) is 0. The van der Waals surface area contributed by atoms with Gasteiger partial charge in [0.1, 0.15) is 5.82 Å². The van der Waals surface area contributed by atoms with E-state index in [2.05, 4.69) is 0 Å². The number of likely N-dealkylation sites (tertiary alicyclic amines) is 1. The molecule has 3 nitrogen and oxygen atoms in total. The van der Waals surface area contributed by atoms with Crippen molar-refractivity contribution in [3.05, 3.63) is 58.0 Å². The summed E-state index contributed by atoms with van der Waals surface area (Å²) in [5.74, 6) is -0.0453. The average molecular weight is 333 g/mol. The van der Waals surface area contributed by atoms with Gasteiger partial charge in [-0.2, -0.15) is 0 Å². The number of benzene rings is 1. The summed E-state index contributed by atoms with van der Waals surface area (Å²) in [7, 11) is 0. The largest absolute Gasteiger partial charge is 0.373 e. The number of hydrogen-bond acceptors (Lipinski definition) is 3. The standard InChI is InChI=1S/C18H20FNO2S/c19-17-6-2-1-4-14(17)13-22-15-7-9-20(10-8-15)18(21)12-16-5-3-11-23-16/h1-6,11,15H,7-10,12-13H2. The van der Waals surface area contributed by atoms with Gasteiger partial charge in [0.15, 0.2) is 0 Å². The Hall–Kier alpha value is -1.72. The highest BCUT2D eigenvalue weighted by molar-refractivity contribution is 7.10. The minimum Gasteiger partial charge on any atom is -0.373 e. The van der Waals surface area contributed by atoms with Gasteiger partial charge in [-0.05, 0) is 30.4 Å². The van der Waals surface area contributed by atoms with Crippen LogP contribution >= 0.6 is 11.3 Å². The number of amides is 1. The fourth-order valence-electron chi connectivity index (χ4n) is 2.77. The van der Waals surface area contributed by atoms with Gasteiger partial charge in [-0.15, -0.1) is 11.3 Å². The summed E-state index contributed by atoms with van der Waals surface area (Å²) in [5.41, 5.74) is 0.587. The van der Waals surface area contributed by atoms with Crippen molar-refractivity contribution in [3.63, 3.8) is 0 Å². The first kappa shape index (κ1) is 16.1. The SMILES string of the molecule is O=C(Cc1cccs1)N1CCC(OCc2ccccc2F)CC1. The maximum Gasteiger partial charge on any atom is 0.227 e. The van der Waals surface area contributed by atoms with Gasteiger partial charge in [-0.3, -0.25) is 4.79 Å². The van der Waals surface area contributed by atoms with Crippen LogP contribution in [-0.2, 0) is 22.6 Å². The fourth-order valence-corrected chi connectivity index (χ4v) is 3.46. The molecule has 2 heterocycles. The van der Waals surface area contributed by atoms with Crippen LogP contribution in [0.2, 0.25) is 0 Å². The minimum atomic E-state index is -0.226. The second kappa shape index (κ2) is 7.70. The third-order valence-electron chi connectivity index (χ3n) is 4.13. The number of ether oxygens (including phenoxy) is 1. The number of thiophene rings is 1. The monoisotopic (exact) mass is 333 g/mol. The highest BCUT2D eigenvalue weighted by Crippen LogP contribution is 2.18. The average Bonchev–Trinajstić information content (AvgIpc) is 3.07. The molecule has 0 radical (unpaired) electrons. The van der Waals surface area contributed by atoms with Crippen molar-refractivity contribution >= 4 is 17.2 Å². The molecule has 1 saturated heterocycles. The normalized spacial score (nSPS) is 15.8.